The zero-order chi connectivity index (χ0) is 18.0. The molecule has 132 valence electrons. The summed E-state index contributed by atoms with van der Waals surface area (Å²) < 4.78 is 1.92. The number of aromatic nitrogens is 2. The molecule has 6 heteroatoms. The van der Waals surface area contributed by atoms with Crippen molar-refractivity contribution in [2.24, 2.45) is 5.92 Å². The molecular formula is C19H23N3O3. The maximum absolute atomic E-state index is 12.3. The van der Waals surface area contributed by atoms with Gasteiger partial charge in [-0.1, -0.05) is 25.0 Å². The van der Waals surface area contributed by atoms with Gasteiger partial charge in [-0.05, 0) is 49.9 Å². The lowest BCUT2D eigenvalue weighted by Gasteiger charge is -2.14. The fraction of sp³-hybridized carbons (Fsp3) is 0.421. The molecule has 1 heterocycles. The number of carbonyl (C=O) groups is 2. The van der Waals surface area contributed by atoms with Crippen molar-refractivity contribution in [2.75, 3.05) is 0 Å². The zero-order valence-electron chi connectivity index (χ0n) is 14.5. The highest BCUT2D eigenvalue weighted by Gasteiger charge is 2.30. The lowest BCUT2D eigenvalue weighted by Crippen LogP contribution is -2.41. The molecule has 3 rings (SSSR count). The number of nitrogens with one attached hydrogen (secondary N) is 1. The Balaban J connectivity index is 1.63. The number of hydrogen-bond acceptors (Lipinski definition) is 3. The third-order valence-electron chi connectivity index (χ3n) is 4.52. The highest BCUT2D eigenvalue weighted by Crippen LogP contribution is 2.33. The van der Waals surface area contributed by atoms with Gasteiger partial charge in [0.25, 0.3) is 5.91 Å². The van der Waals surface area contributed by atoms with E-state index in [4.69, 9.17) is 0 Å². The molecule has 2 aromatic rings. The second-order valence-corrected chi connectivity index (χ2v) is 6.83. The predicted molar refractivity (Wildman–Crippen MR) is 93.5 cm³/mol. The molecule has 1 atom stereocenters. The number of amides is 1. The number of carboxylic acids is 1. The van der Waals surface area contributed by atoms with E-state index in [-0.39, 0.29) is 5.91 Å². The first kappa shape index (κ1) is 17.2. The molecule has 0 bridgehead atoms. The Kier molecular flexibility index (Phi) is 4.88. The van der Waals surface area contributed by atoms with Crippen LogP contribution < -0.4 is 5.32 Å². The molecule has 1 aromatic heterocycles. The van der Waals surface area contributed by atoms with Crippen LogP contribution in [0, 0.1) is 19.8 Å². The SMILES string of the molecule is Cc1cc(C)n(Cc2ccc(C(=O)NC(CC3CC3)C(=O)O)cc2)n1. The molecule has 2 N–H and O–H groups in total. The van der Waals surface area contributed by atoms with E-state index in [1.165, 1.54) is 0 Å². The quantitative estimate of drug-likeness (QED) is 0.810. The molecular weight excluding hydrogens is 318 g/mol. The van der Waals surface area contributed by atoms with Crippen LogP contribution in [0.25, 0.3) is 0 Å². The maximum atomic E-state index is 12.3. The van der Waals surface area contributed by atoms with Gasteiger partial charge in [-0.25, -0.2) is 4.79 Å². The minimum Gasteiger partial charge on any atom is -0.480 e. The fourth-order valence-corrected chi connectivity index (χ4v) is 2.92. The Morgan fingerprint density at radius 3 is 2.48 bits per heavy atom. The Morgan fingerprint density at radius 2 is 1.96 bits per heavy atom. The van der Waals surface area contributed by atoms with Gasteiger partial charge in [0, 0.05) is 11.3 Å². The lowest BCUT2D eigenvalue weighted by molar-refractivity contribution is -0.139. The van der Waals surface area contributed by atoms with Crippen molar-refractivity contribution < 1.29 is 14.7 Å². The topological polar surface area (TPSA) is 84.2 Å². The molecule has 6 nitrogen and oxygen atoms in total. The van der Waals surface area contributed by atoms with Crippen molar-refractivity contribution in [3.8, 4) is 0 Å². The van der Waals surface area contributed by atoms with Gasteiger partial charge in [0.15, 0.2) is 0 Å². The van der Waals surface area contributed by atoms with Crippen LogP contribution in [0.4, 0.5) is 0 Å². The van der Waals surface area contributed by atoms with Crippen molar-refractivity contribution >= 4 is 11.9 Å². The number of aliphatic carboxylic acids is 1. The lowest BCUT2D eigenvalue weighted by atomic mass is 10.1. The number of carbonyl (C=O) groups excluding carboxylic acids is 1. The van der Waals surface area contributed by atoms with Gasteiger partial charge in [0.05, 0.1) is 12.2 Å². The Bertz CT molecular complexity index is 776. The summed E-state index contributed by atoms with van der Waals surface area (Å²) in [5.41, 5.74) is 3.57. The Labute approximate surface area is 146 Å². The minimum atomic E-state index is -0.971. The summed E-state index contributed by atoms with van der Waals surface area (Å²) >= 11 is 0. The van der Waals surface area contributed by atoms with Gasteiger partial charge >= 0.3 is 5.97 Å². The fourth-order valence-electron chi connectivity index (χ4n) is 2.92. The van der Waals surface area contributed by atoms with Gasteiger partial charge in [-0.2, -0.15) is 5.10 Å². The minimum absolute atomic E-state index is 0.342. The average molecular weight is 341 g/mol. The van der Waals surface area contributed by atoms with E-state index in [2.05, 4.69) is 10.4 Å². The highest BCUT2D eigenvalue weighted by atomic mass is 16.4. The third-order valence-corrected chi connectivity index (χ3v) is 4.52. The molecule has 1 aliphatic rings. The van der Waals surface area contributed by atoms with Crippen molar-refractivity contribution in [3.63, 3.8) is 0 Å². The molecule has 0 spiro atoms. The normalized spacial score (nSPS) is 15.0. The maximum Gasteiger partial charge on any atom is 0.326 e. The monoisotopic (exact) mass is 341 g/mol. The average Bonchev–Trinajstić information content (AvgIpc) is 3.32. The molecule has 1 saturated carbocycles. The molecule has 1 amide bonds. The summed E-state index contributed by atoms with van der Waals surface area (Å²) in [4.78, 5) is 23.6. The summed E-state index contributed by atoms with van der Waals surface area (Å²) in [5.74, 6) is -0.878. The first-order valence-corrected chi connectivity index (χ1v) is 8.56. The standard InChI is InChI=1S/C19H23N3O3/c1-12-9-13(2)22(21-12)11-15-5-7-16(8-6-15)18(23)20-17(19(24)25)10-14-3-4-14/h5-9,14,17H,3-4,10-11H2,1-2H3,(H,20,23)(H,24,25). The second-order valence-electron chi connectivity index (χ2n) is 6.83. The van der Waals surface area contributed by atoms with E-state index in [1.54, 1.807) is 12.1 Å². The van der Waals surface area contributed by atoms with E-state index < -0.39 is 12.0 Å². The number of benzene rings is 1. The Hall–Kier alpha value is -2.63. The predicted octanol–water partition coefficient (Wildman–Crippen LogP) is 2.53. The van der Waals surface area contributed by atoms with Crippen LogP contribution >= 0.6 is 0 Å². The van der Waals surface area contributed by atoms with Crippen molar-refractivity contribution in [1.29, 1.82) is 0 Å². The van der Waals surface area contributed by atoms with Crippen molar-refractivity contribution in [3.05, 3.63) is 52.8 Å². The van der Waals surface area contributed by atoms with Crippen molar-refractivity contribution in [1.82, 2.24) is 15.1 Å². The van der Waals surface area contributed by atoms with Gasteiger partial charge in [0.2, 0.25) is 0 Å². The molecule has 0 aliphatic heterocycles. The summed E-state index contributed by atoms with van der Waals surface area (Å²) in [6.45, 7) is 4.60. The molecule has 1 aliphatic carbocycles. The van der Waals surface area contributed by atoms with Gasteiger partial charge < -0.3 is 10.4 Å². The van der Waals surface area contributed by atoms with E-state index in [9.17, 15) is 14.7 Å². The van der Waals surface area contributed by atoms with E-state index in [1.807, 2.05) is 36.7 Å². The number of carboxylic acid groups (broad SMARTS) is 1. The molecule has 25 heavy (non-hydrogen) atoms. The van der Waals surface area contributed by atoms with Gasteiger partial charge in [-0.3, -0.25) is 9.48 Å². The van der Waals surface area contributed by atoms with Gasteiger partial charge in [-0.15, -0.1) is 0 Å². The van der Waals surface area contributed by atoms with Crippen LogP contribution in [-0.4, -0.2) is 32.8 Å². The first-order chi connectivity index (χ1) is 11.9. The van der Waals surface area contributed by atoms with E-state index in [0.717, 1.165) is 29.8 Å². The molecule has 1 unspecified atom stereocenters. The largest absolute Gasteiger partial charge is 0.480 e. The third kappa shape index (κ3) is 4.47. The summed E-state index contributed by atoms with van der Waals surface area (Å²) in [5, 5.41) is 16.3. The Morgan fingerprint density at radius 1 is 1.28 bits per heavy atom. The van der Waals surface area contributed by atoms with Gasteiger partial charge in [0.1, 0.15) is 6.04 Å². The highest BCUT2D eigenvalue weighted by molar-refractivity contribution is 5.96. The smallest absolute Gasteiger partial charge is 0.326 e. The second kappa shape index (κ2) is 7.09. The van der Waals surface area contributed by atoms with Crippen LogP contribution in [0.2, 0.25) is 0 Å². The summed E-state index contributed by atoms with van der Waals surface area (Å²) in [7, 11) is 0. The number of aryl methyl sites for hydroxylation is 2. The molecule has 1 aromatic carbocycles. The van der Waals surface area contributed by atoms with Crippen molar-refractivity contribution in [2.45, 2.75) is 45.7 Å². The van der Waals surface area contributed by atoms with Crippen LogP contribution in [-0.2, 0) is 11.3 Å². The van der Waals surface area contributed by atoms with Crippen LogP contribution in [0.5, 0.6) is 0 Å². The number of hydrogen-bond donors (Lipinski definition) is 2. The summed E-state index contributed by atoms with van der Waals surface area (Å²) in [6, 6.07) is 8.42. The van der Waals surface area contributed by atoms with E-state index >= 15 is 0 Å². The van der Waals surface area contributed by atoms with Crippen LogP contribution in [0.15, 0.2) is 30.3 Å². The van der Waals surface area contributed by atoms with Crippen LogP contribution in [0.1, 0.15) is 46.6 Å². The molecule has 0 saturated heterocycles. The summed E-state index contributed by atoms with van der Waals surface area (Å²) in [6.07, 6.45) is 2.62. The van der Waals surface area contributed by atoms with E-state index in [0.29, 0.717) is 24.4 Å². The number of rotatable bonds is 7. The molecule has 0 radical (unpaired) electrons. The van der Waals surface area contributed by atoms with Crippen LogP contribution in [0.3, 0.4) is 0 Å². The first-order valence-electron chi connectivity index (χ1n) is 8.56. The number of nitrogens with zero attached hydrogens (tertiary/aromatic N) is 2. The molecule has 1 fully saturated rings. The zero-order valence-corrected chi connectivity index (χ0v) is 14.5.